The van der Waals surface area contributed by atoms with Gasteiger partial charge in [-0.15, -0.1) is 0 Å². The van der Waals surface area contributed by atoms with Crippen LogP contribution in [0.15, 0.2) is 23.2 Å². The summed E-state index contributed by atoms with van der Waals surface area (Å²) in [7, 11) is 0. The minimum Gasteiger partial charge on any atom is -0.463 e. The van der Waals surface area contributed by atoms with E-state index in [2.05, 4.69) is 10.3 Å². The average molecular weight is 220 g/mol. The van der Waals surface area contributed by atoms with Crippen molar-refractivity contribution in [3.63, 3.8) is 0 Å². The van der Waals surface area contributed by atoms with Crippen LogP contribution in [-0.2, 0) is 11.2 Å². The third kappa shape index (κ3) is 1.54. The third-order valence-electron chi connectivity index (χ3n) is 3.07. The second-order valence-electron chi connectivity index (χ2n) is 4.07. The Hall–Kier alpha value is -1.58. The summed E-state index contributed by atoms with van der Waals surface area (Å²) in [6, 6.07) is 5.86. The van der Waals surface area contributed by atoms with Crippen molar-refractivity contribution in [3.8, 4) is 0 Å². The molecule has 1 aliphatic heterocycles. The van der Waals surface area contributed by atoms with Gasteiger partial charge in [-0.3, -0.25) is 0 Å². The van der Waals surface area contributed by atoms with Crippen molar-refractivity contribution in [1.29, 1.82) is 0 Å². The van der Waals surface area contributed by atoms with Gasteiger partial charge in [-0.2, -0.15) is 0 Å². The van der Waals surface area contributed by atoms with Gasteiger partial charge in [0.05, 0.1) is 12.6 Å². The number of ether oxygens (including phenoxy) is 1. The molecule has 16 heavy (non-hydrogen) atoms. The van der Waals surface area contributed by atoms with Gasteiger partial charge in [0.2, 0.25) is 0 Å². The Labute approximate surface area is 93.3 Å². The number of halogens is 1. The molecule has 3 nitrogen and oxygen atoms in total. The topological polar surface area (TPSA) is 33.6 Å². The molecule has 1 saturated heterocycles. The SMILES string of the molecule is Fc1cccc2c1CCC2N=C1NCCO1. The summed E-state index contributed by atoms with van der Waals surface area (Å²) in [6.45, 7) is 1.48. The van der Waals surface area contributed by atoms with Crippen molar-refractivity contribution in [2.45, 2.75) is 18.9 Å². The molecule has 1 heterocycles. The van der Waals surface area contributed by atoms with Crippen LogP contribution >= 0.6 is 0 Å². The Bertz CT molecular complexity index is 437. The Morgan fingerprint density at radius 1 is 1.44 bits per heavy atom. The lowest BCUT2D eigenvalue weighted by Crippen LogP contribution is -2.16. The average Bonchev–Trinajstić information content (AvgIpc) is 2.90. The van der Waals surface area contributed by atoms with E-state index < -0.39 is 0 Å². The molecule has 0 spiro atoms. The summed E-state index contributed by atoms with van der Waals surface area (Å²) in [5, 5.41) is 3.06. The summed E-state index contributed by atoms with van der Waals surface area (Å²) in [6.07, 6.45) is 1.63. The number of hydrogen-bond donors (Lipinski definition) is 1. The molecule has 0 aromatic heterocycles. The fourth-order valence-corrected chi connectivity index (χ4v) is 2.30. The van der Waals surface area contributed by atoms with Crippen LogP contribution < -0.4 is 5.32 Å². The van der Waals surface area contributed by atoms with E-state index in [1.807, 2.05) is 6.07 Å². The highest BCUT2D eigenvalue weighted by Crippen LogP contribution is 2.35. The Morgan fingerprint density at radius 3 is 3.19 bits per heavy atom. The van der Waals surface area contributed by atoms with Gasteiger partial charge in [0.25, 0.3) is 6.02 Å². The van der Waals surface area contributed by atoms with Crippen LogP contribution in [0.25, 0.3) is 0 Å². The van der Waals surface area contributed by atoms with E-state index in [-0.39, 0.29) is 11.9 Å². The standard InChI is InChI=1S/C12H13FN2O/c13-10-3-1-2-9-8(10)4-5-11(9)15-12-14-6-7-16-12/h1-3,11H,4-7H2,(H,14,15). The van der Waals surface area contributed by atoms with Gasteiger partial charge in [0.15, 0.2) is 0 Å². The third-order valence-corrected chi connectivity index (χ3v) is 3.07. The van der Waals surface area contributed by atoms with Crippen LogP contribution in [0.2, 0.25) is 0 Å². The van der Waals surface area contributed by atoms with Gasteiger partial charge in [-0.05, 0) is 30.0 Å². The summed E-state index contributed by atoms with van der Waals surface area (Å²) in [5.74, 6) is -0.111. The normalized spacial score (nSPS) is 25.3. The number of rotatable bonds is 1. The van der Waals surface area contributed by atoms with Crippen molar-refractivity contribution in [1.82, 2.24) is 5.32 Å². The van der Waals surface area contributed by atoms with Crippen LogP contribution in [0, 0.1) is 5.82 Å². The minimum atomic E-state index is -0.111. The molecule has 1 atom stereocenters. The van der Waals surface area contributed by atoms with Gasteiger partial charge >= 0.3 is 0 Å². The zero-order chi connectivity index (χ0) is 11.0. The first-order valence-corrected chi connectivity index (χ1v) is 5.56. The second kappa shape index (κ2) is 3.77. The largest absolute Gasteiger partial charge is 0.463 e. The number of nitrogens with zero attached hydrogens (tertiary/aromatic N) is 1. The lowest BCUT2D eigenvalue weighted by atomic mass is 10.1. The monoisotopic (exact) mass is 220 g/mol. The molecule has 1 N–H and O–H groups in total. The van der Waals surface area contributed by atoms with Crippen LogP contribution in [0.5, 0.6) is 0 Å². The lowest BCUT2D eigenvalue weighted by Gasteiger charge is -2.07. The molecular formula is C12H13FN2O. The van der Waals surface area contributed by atoms with Crippen LogP contribution in [0.1, 0.15) is 23.6 Å². The molecule has 1 unspecified atom stereocenters. The van der Waals surface area contributed by atoms with Crippen molar-refractivity contribution in [2.24, 2.45) is 4.99 Å². The Kier molecular flexibility index (Phi) is 2.27. The maximum Gasteiger partial charge on any atom is 0.285 e. The van der Waals surface area contributed by atoms with E-state index in [1.165, 1.54) is 6.07 Å². The lowest BCUT2D eigenvalue weighted by molar-refractivity contribution is 0.348. The fraction of sp³-hybridized carbons (Fsp3) is 0.417. The molecule has 1 aliphatic carbocycles. The van der Waals surface area contributed by atoms with E-state index in [9.17, 15) is 4.39 Å². The number of amidine groups is 1. The van der Waals surface area contributed by atoms with E-state index in [1.54, 1.807) is 6.07 Å². The first-order chi connectivity index (χ1) is 7.84. The zero-order valence-electron chi connectivity index (χ0n) is 8.87. The van der Waals surface area contributed by atoms with Crippen LogP contribution in [0.4, 0.5) is 4.39 Å². The van der Waals surface area contributed by atoms with Crippen LogP contribution in [-0.4, -0.2) is 19.2 Å². The van der Waals surface area contributed by atoms with Gasteiger partial charge in [0.1, 0.15) is 12.4 Å². The van der Waals surface area contributed by atoms with Crippen molar-refractivity contribution in [3.05, 3.63) is 35.1 Å². The number of fused-ring (bicyclic) bond motifs is 1. The maximum absolute atomic E-state index is 13.5. The van der Waals surface area contributed by atoms with Crippen LogP contribution in [0.3, 0.4) is 0 Å². The van der Waals surface area contributed by atoms with Gasteiger partial charge in [-0.25, -0.2) is 9.38 Å². The maximum atomic E-state index is 13.5. The highest BCUT2D eigenvalue weighted by Gasteiger charge is 2.25. The quantitative estimate of drug-likeness (QED) is 0.782. The number of hydrogen-bond acceptors (Lipinski definition) is 2. The van der Waals surface area contributed by atoms with E-state index in [4.69, 9.17) is 4.74 Å². The van der Waals surface area contributed by atoms with Gasteiger partial charge < -0.3 is 10.1 Å². The number of aliphatic imine (C=N–C) groups is 1. The summed E-state index contributed by atoms with van der Waals surface area (Å²) in [4.78, 5) is 4.47. The Morgan fingerprint density at radius 2 is 2.38 bits per heavy atom. The molecule has 0 bridgehead atoms. The molecular weight excluding hydrogens is 207 g/mol. The van der Waals surface area contributed by atoms with E-state index in [0.717, 1.165) is 30.5 Å². The van der Waals surface area contributed by atoms with Crippen molar-refractivity contribution >= 4 is 6.02 Å². The molecule has 4 heteroatoms. The summed E-state index contributed by atoms with van der Waals surface area (Å²) < 4.78 is 18.8. The predicted molar refractivity (Wildman–Crippen MR) is 58.9 cm³/mol. The summed E-state index contributed by atoms with van der Waals surface area (Å²) in [5.41, 5.74) is 1.82. The second-order valence-corrected chi connectivity index (χ2v) is 4.07. The van der Waals surface area contributed by atoms with Gasteiger partial charge in [0, 0.05) is 0 Å². The smallest absolute Gasteiger partial charge is 0.285 e. The van der Waals surface area contributed by atoms with Crippen molar-refractivity contribution < 1.29 is 9.13 Å². The number of nitrogens with one attached hydrogen (secondary N) is 1. The molecule has 1 fully saturated rings. The molecule has 84 valence electrons. The molecule has 3 rings (SSSR count). The summed E-state index contributed by atoms with van der Waals surface area (Å²) >= 11 is 0. The molecule has 0 saturated carbocycles. The molecule has 2 aliphatic rings. The zero-order valence-corrected chi connectivity index (χ0v) is 8.87. The predicted octanol–water partition coefficient (Wildman–Crippen LogP) is 1.79. The first kappa shape index (κ1) is 9.63. The minimum absolute atomic E-state index is 0.0475. The Balaban J connectivity index is 1.91. The molecule has 0 amide bonds. The van der Waals surface area contributed by atoms with E-state index >= 15 is 0 Å². The highest BCUT2D eigenvalue weighted by atomic mass is 19.1. The van der Waals surface area contributed by atoms with Gasteiger partial charge in [-0.1, -0.05) is 12.1 Å². The van der Waals surface area contributed by atoms with E-state index in [0.29, 0.717) is 12.6 Å². The fourth-order valence-electron chi connectivity index (χ4n) is 2.30. The highest BCUT2D eigenvalue weighted by molar-refractivity contribution is 5.75. The number of benzene rings is 1. The molecule has 1 aromatic rings. The molecule has 0 radical (unpaired) electrons. The van der Waals surface area contributed by atoms with Crippen molar-refractivity contribution in [2.75, 3.05) is 13.2 Å². The first-order valence-electron chi connectivity index (χ1n) is 5.56. The molecule has 1 aromatic carbocycles.